The Morgan fingerprint density at radius 1 is 0.950 bits per heavy atom. The van der Waals surface area contributed by atoms with Crippen LogP contribution in [0.3, 0.4) is 0 Å². The van der Waals surface area contributed by atoms with Gasteiger partial charge < -0.3 is 0 Å². The van der Waals surface area contributed by atoms with Crippen molar-refractivity contribution in [3.05, 3.63) is 70.6 Å². The number of benzene rings is 2. The maximum Gasteiger partial charge on any atom is 0.143 e. The van der Waals surface area contributed by atoms with Gasteiger partial charge in [-0.25, -0.2) is 9.97 Å². The van der Waals surface area contributed by atoms with Gasteiger partial charge in [-0.2, -0.15) is 0 Å². The van der Waals surface area contributed by atoms with Gasteiger partial charge in [-0.1, -0.05) is 41.9 Å². The van der Waals surface area contributed by atoms with E-state index in [9.17, 15) is 0 Å². The molecule has 0 amide bonds. The average Bonchev–Trinajstić information content (AvgIpc) is 2.49. The minimum atomic E-state index is 0.324. The largest absolute Gasteiger partial charge is 0.239 e. The number of halogens is 2. The molecular weight excluding hydrogens is 291 g/mol. The summed E-state index contributed by atoms with van der Waals surface area (Å²) in [6, 6.07) is 13.9. The Balaban J connectivity index is 2.06. The quantitative estimate of drug-likeness (QED) is 0.660. The summed E-state index contributed by atoms with van der Waals surface area (Å²) in [5, 5.41) is 1.82. The molecule has 0 aliphatic carbocycles. The molecule has 2 aromatic carbocycles. The van der Waals surface area contributed by atoms with Gasteiger partial charge in [-0.15, -0.1) is 11.6 Å². The van der Waals surface area contributed by atoms with Gasteiger partial charge in [0, 0.05) is 16.6 Å². The molecule has 1 heterocycles. The molecule has 0 spiro atoms. The molecule has 0 aliphatic rings. The van der Waals surface area contributed by atoms with E-state index < -0.39 is 0 Å². The number of hydrogen-bond acceptors (Lipinski definition) is 2. The zero-order valence-corrected chi connectivity index (χ0v) is 12.2. The van der Waals surface area contributed by atoms with Gasteiger partial charge in [-0.3, -0.25) is 0 Å². The molecule has 3 rings (SSSR count). The van der Waals surface area contributed by atoms with Crippen LogP contribution < -0.4 is 0 Å². The molecule has 1 aromatic heterocycles. The van der Waals surface area contributed by atoms with Crippen LogP contribution in [0, 0.1) is 0 Å². The maximum absolute atomic E-state index is 6.22. The second-order valence-corrected chi connectivity index (χ2v) is 5.21. The Labute approximate surface area is 127 Å². The Morgan fingerprint density at radius 2 is 1.75 bits per heavy atom. The summed E-state index contributed by atoms with van der Waals surface area (Å²) in [5.74, 6) is 0.971. The van der Waals surface area contributed by atoms with E-state index in [0.29, 0.717) is 11.7 Å². The van der Waals surface area contributed by atoms with Crippen molar-refractivity contribution in [3.8, 4) is 0 Å². The Kier molecular flexibility index (Phi) is 3.86. The van der Waals surface area contributed by atoms with E-state index in [1.54, 1.807) is 0 Å². The zero-order chi connectivity index (χ0) is 13.9. The highest BCUT2D eigenvalue weighted by atomic mass is 35.5. The lowest BCUT2D eigenvalue weighted by molar-refractivity contribution is 1.06. The topological polar surface area (TPSA) is 25.8 Å². The standard InChI is InChI=1S/C16H12Cl2N2/c17-9-16-19-10-13-11(5-3-7-15(13)20-16)8-12-4-1-2-6-14(12)18/h1-7,10H,8-9H2. The predicted molar refractivity (Wildman–Crippen MR) is 83.4 cm³/mol. The van der Waals surface area contributed by atoms with Crippen LogP contribution in [0.1, 0.15) is 17.0 Å². The summed E-state index contributed by atoms with van der Waals surface area (Å²) in [5.41, 5.74) is 3.18. The molecule has 4 heteroatoms. The van der Waals surface area contributed by atoms with Gasteiger partial charge in [0.25, 0.3) is 0 Å². The molecule has 0 aliphatic heterocycles. The zero-order valence-electron chi connectivity index (χ0n) is 10.7. The fourth-order valence-electron chi connectivity index (χ4n) is 2.22. The van der Waals surface area contributed by atoms with Crippen molar-refractivity contribution in [2.24, 2.45) is 0 Å². The van der Waals surface area contributed by atoms with E-state index >= 15 is 0 Å². The predicted octanol–water partition coefficient (Wildman–Crippen LogP) is 4.61. The monoisotopic (exact) mass is 302 g/mol. The molecule has 0 atom stereocenters. The summed E-state index contributed by atoms with van der Waals surface area (Å²) in [7, 11) is 0. The third-order valence-electron chi connectivity index (χ3n) is 3.22. The van der Waals surface area contributed by atoms with Gasteiger partial charge in [-0.05, 0) is 29.7 Å². The number of hydrogen-bond donors (Lipinski definition) is 0. The molecule has 0 radical (unpaired) electrons. The van der Waals surface area contributed by atoms with Crippen LogP contribution in [-0.2, 0) is 12.3 Å². The van der Waals surface area contributed by atoms with Crippen LogP contribution in [0.15, 0.2) is 48.7 Å². The van der Waals surface area contributed by atoms with E-state index in [4.69, 9.17) is 23.2 Å². The highest BCUT2D eigenvalue weighted by Crippen LogP contribution is 2.23. The van der Waals surface area contributed by atoms with Crippen molar-refractivity contribution in [1.82, 2.24) is 9.97 Å². The summed E-state index contributed by atoms with van der Waals surface area (Å²) in [6.07, 6.45) is 2.60. The fraction of sp³-hybridized carbons (Fsp3) is 0.125. The van der Waals surface area contributed by atoms with Gasteiger partial charge in [0.15, 0.2) is 0 Å². The molecule has 3 aromatic rings. The van der Waals surface area contributed by atoms with E-state index in [1.807, 2.05) is 42.6 Å². The number of rotatable bonds is 3. The summed E-state index contributed by atoms with van der Waals surface area (Å²) in [6.45, 7) is 0. The SMILES string of the molecule is ClCc1ncc2c(Cc3ccccc3Cl)cccc2n1. The second-order valence-electron chi connectivity index (χ2n) is 4.54. The van der Waals surface area contributed by atoms with E-state index in [1.165, 1.54) is 0 Å². The van der Waals surface area contributed by atoms with Crippen LogP contribution in [0.25, 0.3) is 10.9 Å². The summed E-state index contributed by atoms with van der Waals surface area (Å²) >= 11 is 12.0. The molecule has 0 N–H and O–H groups in total. The van der Waals surface area contributed by atoms with E-state index in [2.05, 4.69) is 16.0 Å². The van der Waals surface area contributed by atoms with Crippen molar-refractivity contribution in [3.63, 3.8) is 0 Å². The molecule has 0 fully saturated rings. The molecule has 0 saturated heterocycles. The molecular formula is C16H12Cl2N2. The molecule has 0 saturated carbocycles. The van der Waals surface area contributed by atoms with Gasteiger partial charge >= 0.3 is 0 Å². The average molecular weight is 303 g/mol. The third kappa shape index (κ3) is 2.62. The normalized spacial score (nSPS) is 10.9. The highest BCUT2D eigenvalue weighted by molar-refractivity contribution is 6.31. The number of fused-ring (bicyclic) bond motifs is 1. The Bertz CT molecular complexity index is 756. The third-order valence-corrected chi connectivity index (χ3v) is 3.83. The number of nitrogens with zero attached hydrogens (tertiary/aromatic N) is 2. The van der Waals surface area contributed by atoms with Crippen LogP contribution in [-0.4, -0.2) is 9.97 Å². The molecule has 2 nitrogen and oxygen atoms in total. The van der Waals surface area contributed by atoms with E-state index in [0.717, 1.165) is 33.5 Å². The van der Waals surface area contributed by atoms with Gasteiger partial charge in [0.1, 0.15) is 5.82 Å². The van der Waals surface area contributed by atoms with Crippen molar-refractivity contribution in [1.29, 1.82) is 0 Å². The first-order chi connectivity index (χ1) is 9.78. The lowest BCUT2D eigenvalue weighted by Crippen LogP contribution is -1.96. The van der Waals surface area contributed by atoms with Crippen molar-refractivity contribution in [2.45, 2.75) is 12.3 Å². The molecule has 0 unspecified atom stereocenters. The van der Waals surface area contributed by atoms with Crippen molar-refractivity contribution < 1.29 is 0 Å². The smallest absolute Gasteiger partial charge is 0.143 e. The maximum atomic E-state index is 6.22. The van der Waals surface area contributed by atoms with Gasteiger partial charge in [0.2, 0.25) is 0 Å². The minimum Gasteiger partial charge on any atom is -0.239 e. The fourth-order valence-corrected chi connectivity index (χ4v) is 2.55. The number of aromatic nitrogens is 2. The molecule has 20 heavy (non-hydrogen) atoms. The molecule has 0 bridgehead atoms. The Morgan fingerprint density at radius 3 is 2.55 bits per heavy atom. The first-order valence-electron chi connectivity index (χ1n) is 6.31. The van der Waals surface area contributed by atoms with Crippen LogP contribution in [0.2, 0.25) is 5.02 Å². The summed E-state index contributed by atoms with van der Waals surface area (Å²) < 4.78 is 0. The highest BCUT2D eigenvalue weighted by Gasteiger charge is 2.07. The van der Waals surface area contributed by atoms with E-state index in [-0.39, 0.29) is 0 Å². The van der Waals surface area contributed by atoms with Crippen LogP contribution >= 0.6 is 23.2 Å². The van der Waals surface area contributed by atoms with Gasteiger partial charge in [0.05, 0.1) is 11.4 Å². The lowest BCUT2D eigenvalue weighted by Gasteiger charge is -2.08. The lowest BCUT2D eigenvalue weighted by atomic mass is 10.0. The number of alkyl halides is 1. The summed E-state index contributed by atoms with van der Waals surface area (Å²) in [4.78, 5) is 8.72. The minimum absolute atomic E-state index is 0.324. The first kappa shape index (κ1) is 13.3. The van der Waals surface area contributed by atoms with Crippen molar-refractivity contribution >= 4 is 34.1 Å². The Hall–Kier alpha value is -1.64. The second kappa shape index (κ2) is 5.78. The van der Waals surface area contributed by atoms with Crippen LogP contribution in [0.4, 0.5) is 0 Å². The van der Waals surface area contributed by atoms with Crippen molar-refractivity contribution in [2.75, 3.05) is 0 Å². The molecule has 100 valence electrons. The first-order valence-corrected chi connectivity index (χ1v) is 7.22. The van der Waals surface area contributed by atoms with Crippen LogP contribution in [0.5, 0.6) is 0 Å².